The van der Waals surface area contributed by atoms with E-state index in [2.05, 4.69) is 74.2 Å². The first-order chi connectivity index (χ1) is 11.4. The summed E-state index contributed by atoms with van der Waals surface area (Å²) < 4.78 is 0. The van der Waals surface area contributed by atoms with E-state index in [4.69, 9.17) is 0 Å². The molecule has 0 N–H and O–H groups in total. The van der Waals surface area contributed by atoms with Crippen LogP contribution in [0.2, 0.25) is 0 Å². The predicted molar refractivity (Wildman–Crippen MR) is 109 cm³/mol. The largest absolute Gasteiger partial charge is 0.0984 e. The first kappa shape index (κ1) is 18.7. The summed E-state index contributed by atoms with van der Waals surface area (Å²) in [6, 6.07) is 17.1. The van der Waals surface area contributed by atoms with Crippen molar-refractivity contribution < 1.29 is 0 Å². The molecule has 0 nitrogen and oxygen atoms in total. The van der Waals surface area contributed by atoms with Crippen LogP contribution < -0.4 is 0 Å². The summed E-state index contributed by atoms with van der Waals surface area (Å²) >= 11 is 0. The average Bonchev–Trinajstić information content (AvgIpc) is 2.65. The monoisotopic (exact) mass is 304 g/mol. The Balaban J connectivity index is 0.000000615. The van der Waals surface area contributed by atoms with E-state index in [1.54, 1.807) is 0 Å². The maximum Gasteiger partial charge on any atom is -0.00990 e. The van der Waals surface area contributed by atoms with E-state index in [-0.39, 0.29) is 0 Å². The van der Waals surface area contributed by atoms with Gasteiger partial charge in [-0.05, 0) is 39.6 Å². The van der Waals surface area contributed by atoms with Crippen LogP contribution in [0.4, 0.5) is 0 Å². The maximum atomic E-state index is 4.00. The van der Waals surface area contributed by atoms with Crippen molar-refractivity contribution in [2.24, 2.45) is 0 Å². The predicted octanol–water partition coefficient (Wildman–Crippen LogP) is 7.72. The van der Waals surface area contributed by atoms with Gasteiger partial charge >= 0.3 is 0 Å². The second-order valence-corrected chi connectivity index (χ2v) is 4.62. The molecule has 0 aliphatic carbocycles. The highest BCUT2D eigenvalue weighted by molar-refractivity contribution is 6.14. The van der Waals surface area contributed by atoms with Crippen molar-refractivity contribution in [2.45, 2.75) is 34.6 Å². The van der Waals surface area contributed by atoms with E-state index in [0.717, 1.165) is 0 Å². The Morgan fingerprint density at radius 2 is 1.04 bits per heavy atom. The van der Waals surface area contributed by atoms with Crippen LogP contribution in [0, 0.1) is 0 Å². The molecule has 0 radical (unpaired) electrons. The van der Waals surface area contributed by atoms with E-state index < -0.39 is 0 Å². The Morgan fingerprint density at radius 3 is 1.43 bits per heavy atom. The molecule has 0 heteroatoms. The summed E-state index contributed by atoms with van der Waals surface area (Å²) in [7, 11) is 0. The zero-order chi connectivity index (χ0) is 17.2. The topological polar surface area (TPSA) is 0 Å². The number of hydrogen-bond donors (Lipinski definition) is 0. The van der Waals surface area contributed by atoms with Gasteiger partial charge in [0.15, 0.2) is 0 Å². The molecule has 0 heterocycles. The lowest BCUT2D eigenvalue weighted by Gasteiger charge is -2.12. The van der Waals surface area contributed by atoms with Gasteiger partial charge in [0.25, 0.3) is 0 Å². The van der Waals surface area contributed by atoms with Gasteiger partial charge in [-0.3, -0.25) is 0 Å². The van der Waals surface area contributed by atoms with Gasteiger partial charge in [-0.15, -0.1) is 0 Å². The fourth-order valence-corrected chi connectivity index (χ4v) is 2.76. The van der Waals surface area contributed by atoms with Gasteiger partial charge in [-0.25, -0.2) is 0 Å². The van der Waals surface area contributed by atoms with Gasteiger partial charge in [0, 0.05) is 0 Å². The molecular weight excluding hydrogens is 276 g/mol. The second-order valence-electron chi connectivity index (χ2n) is 4.62. The van der Waals surface area contributed by atoms with Crippen molar-refractivity contribution in [2.75, 3.05) is 0 Å². The van der Waals surface area contributed by atoms with Crippen molar-refractivity contribution in [3.05, 3.63) is 72.3 Å². The molecule has 0 aliphatic heterocycles. The zero-order valence-corrected chi connectivity index (χ0v) is 15.1. The van der Waals surface area contributed by atoms with Gasteiger partial charge in [-0.1, -0.05) is 101 Å². The Morgan fingerprint density at radius 1 is 0.652 bits per heavy atom. The Kier molecular flexibility index (Phi) is 7.83. The van der Waals surface area contributed by atoms with Gasteiger partial charge in [-0.2, -0.15) is 0 Å². The van der Waals surface area contributed by atoms with E-state index in [9.17, 15) is 0 Å². The Hall–Kier alpha value is -2.34. The smallest absolute Gasteiger partial charge is 0.00990 e. The summed E-state index contributed by atoms with van der Waals surface area (Å²) in [5.41, 5.74) is 2.47. The highest BCUT2D eigenvalue weighted by atomic mass is 14.1. The van der Waals surface area contributed by atoms with Crippen LogP contribution >= 0.6 is 0 Å². The normalized spacial score (nSPS) is 9.96. The molecule has 3 aromatic rings. The highest BCUT2D eigenvalue weighted by Gasteiger charge is 2.09. The molecule has 120 valence electrons. The molecular formula is C23H28. The molecule has 0 fully saturated rings. The lowest BCUT2D eigenvalue weighted by molar-refractivity contribution is 1.50. The summed E-state index contributed by atoms with van der Waals surface area (Å²) in [5.74, 6) is 0. The molecule has 0 spiro atoms. The molecule has 0 atom stereocenters. The molecule has 23 heavy (non-hydrogen) atoms. The van der Waals surface area contributed by atoms with Crippen molar-refractivity contribution >= 4 is 33.7 Å². The molecule has 0 unspecified atom stereocenters. The van der Waals surface area contributed by atoms with Gasteiger partial charge in [0.2, 0.25) is 0 Å². The lowest BCUT2D eigenvalue weighted by Crippen LogP contribution is -1.88. The van der Waals surface area contributed by atoms with Gasteiger partial charge in [0.05, 0.1) is 0 Å². The summed E-state index contributed by atoms with van der Waals surface area (Å²) in [6.07, 6.45) is 6.22. The van der Waals surface area contributed by atoms with E-state index in [1.165, 1.54) is 32.7 Å². The van der Waals surface area contributed by atoms with Crippen molar-refractivity contribution in [1.82, 2.24) is 0 Å². The molecule has 0 aromatic heterocycles. The SMILES string of the molecule is C=Cc1c(/C=C\C)c2ccccc2c2ccccc12.CC.CC. The highest BCUT2D eigenvalue weighted by Crippen LogP contribution is 2.34. The minimum absolute atomic E-state index is 1.22. The number of hydrogen-bond acceptors (Lipinski definition) is 0. The van der Waals surface area contributed by atoms with E-state index in [0.29, 0.717) is 0 Å². The molecule has 0 saturated carbocycles. The van der Waals surface area contributed by atoms with Crippen molar-refractivity contribution in [1.29, 1.82) is 0 Å². The summed E-state index contributed by atoms with van der Waals surface area (Å²) in [4.78, 5) is 0. The van der Waals surface area contributed by atoms with Crippen LogP contribution in [-0.4, -0.2) is 0 Å². The molecule has 0 aliphatic rings. The maximum absolute atomic E-state index is 4.00. The van der Waals surface area contributed by atoms with E-state index >= 15 is 0 Å². The minimum Gasteiger partial charge on any atom is -0.0984 e. The van der Waals surface area contributed by atoms with Crippen LogP contribution in [0.5, 0.6) is 0 Å². The van der Waals surface area contributed by atoms with Gasteiger partial charge < -0.3 is 0 Å². The summed E-state index contributed by atoms with van der Waals surface area (Å²) in [6.45, 7) is 14.0. The molecule has 3 rings (SSSR count). The second kappa shape index (κ2) is 9.63. The average molecular weight is 304 g/mol. The first-order valence-electron chi connectivity index (χ1n) is 8.55. The van der Waals surface area contributed by atoms with Gasteiger partial charge in [0.1, 0.15) is 0 Å². The van der Waals surface area contributed by atoms with Crippen LogP contribution in [0.15, 0.2) is 61.2 Å². The lowest BCUT2D eigenvalue weighted by atomic mass is 9.91. The molecule has 0 amide bonds. The molecule has 3 aromatic carbocycles. The van der Waals surface area contributed by atoms with Crippen molar-refractivity contribution in [3.63, 3.8) is 0 Å². The van der Waals surface area contributed by atoms with E-state index in [1.807, 2.05) is 33.8 Å². The molecule has 0 saturated heterocycles. The number of benzene rings is 3. The van der Waals surface area contributed by atoms with Crippen molar-refractivity contribution in [3.8, 4) is 0 Å². The number of allylic oxidation sites excluding steroid dienone is 1. The third-order valence-electron chi connectivity index (χ3n) is 3.55. The zero-order valence-electron chi connectivity index (χ0n) is 15.1. The Bertz CT molecular complexity index is 792. The standard InChI is InChI=1S/C19H16.2C2H6/c1-3-9-15-14(4-2)16-10-5-6-12-18(16)19-13-8-7-11-17(15)19;2*1-2/h3-13H,2H2,1H3;2*1-2H3/b9-3-;;. The fourth-order valence-electron chi connectivity index (χ4n) is 2.76. The van der Waals surface area contributed by atoms with Crippen LogP contribution in [-0.2, 0) is 0 Å². The first-order valence-corrected chi connectivity index (χ1v) is 8.55. The summed E-state index contributed by atoms with van der Waals surface area (Å²) in [5, 5.41) is 5.15. The third-order valence-corrected chi connectivity index (χ3v) is 3.55. The molecule has 0 bridgehead atoms. The third kappa shape index (κ3) is 3.71. The van der Waals surface area contributed by atoms with Crippen LogP contribution in [0.3, 0.4) is 0 Å². The van der Waals surface area contributed by atoms with Crippen LogP contribution in [0.25, 0.3) is 33.7 Å². The fraction of sp³-hybridized carbons (Fsp3) is 0.217. The minimum atomic E-state index is 1.22. The number of fused-ring (bicyclic) bond motifs is 3. The number of rotatable bonds is 2. The van der Waals surface area contributed by atoms with Crippen LogP contribution in [0.1, 0.15) is 45.7 Å². The Labute approximate surface area is 141 Å². The quantitative estimate of drug-likeness (QED) is 0.425.